The van der Waals surface area contributed by atoms with Crippen LogP contribution >= 0.6 is 0 Å². The Bertz CT molecular complexity index is 558. The molecular formula is C16H21F3N2O3. The third-order valence-corrected chi connectivity index (χ3v) is 3.72. The van der Waals surface area contributed by atoms with Crippen molar-refractivity contribution in [3.63, 3.8) is 0 Å². The molecule has 1 fully saturated rings. The van der Waals surface area contributed by atoms with Crippen LogP contribution in [-0.2, 0) is 11.2 Å². The van der Waals surface area contributed by atoms with Gasteiger partial charge in [0, 0.05) is 32.6 Å². The number of rotatable bonds is 6. The number of nitrogens with zero attached hydrogens (tertiary/aromatic N) is 1. The number of carbonyl (C=O) groups is 1. The minimum atomic E-state index is -4.40. The van der Waals surface area contributed by atoms with Crippen molar-refractivity contribution in [3.05, 3.63) is 23.8 Å². The van der Waals surface area contributed by atoms with E-state index in [0.717, 1.165) is 18.7 Å². The number of piperazine rings is 1. The number of hydrogen-bond donors (Lipinski definition) is 1. The van der Waals surface area contributed by atoms with E-state index in [1.165, 1.54) is 13.2 Å². The van der Waals surface area contributed by atoms with Gasteiger partial charge in [0.2, 0.25) is 5.91 Å². The summed E-state index contributed by atoms with van der Waals surface area (Å²) in [5.74, 6) is 0.339. The summed E-state index contributed by atoms with van der Waals surface area (Å²) in [6, 6.07) is 4.70. The fourth-order valence-electron chi connectivity index (χ4n) is 2.47. The number of aryl methyl sites for hydroxylation is 1. The molecule has 0 radical (unpaired) electrons. The summed E-state index contributed by atoms with van der Waals surface area (Å²) in [6.45, 7) is 1.62. The highest BCUT2D eigenvalue weighted by atomic mass is 19.4. The molecule has 1 aromatic rings. The maximum Gasteiger partial charge on any atom is 0.422 e. The molecule has 0 saturated carbocycles. The fraction of sp³-hybridized carbons (Fsp3) is 0.562. The van der Waals surface area contributed by atoms with Gasteiger partial charge in [-0.2, -0.15) is 13.2 Å². The standard InChI is InChI=1S/C16H21F3N2O3/c1-23-14-10-12(2-4-13(14)24-11-16(17,18)19)3-5-15(22)21-8-6-20-7-9-21/h2,4,10,20H,3,5-9,11H2,1H3. The van der Waals surface area contributed by atoms with Crippen LogP contribution in [-0.4, -0.2) is 56.9 Å². The molecule has 0 atom stereocenters. The molecule has 1 N–H and O–H groups in total. The van der Waals surface area contributed by atoms with Crippen molar-refractivity contribution < 1.29 is 27.4 Å². The minimum absolute atomic E-state index is 0.0343. The summed E-state index contributed by atoms with van der Waals surface area (Å²) in [4.78, 5) is 13.9. The van der Waals surface area contributed by atoms with Gasteiger partial charge < -0.3 is 19.7 Å². The van der Waals surface area contributed by atoms with Crippen LogP contribution in [0.2, 0.25) is 0 Å². The molecular weight excluding hydrogens is 325 g/mol. The van der Waals surface area contributed by atoms with Gasteiger partial charge in [0.25, 0.3) is 0 Å². The van der Waals surface area contributed by atoms with Crippen molar-refractivity contribution in [3.8, 4) is 11.5 Å². The van der Waals surface area contributed by atoms with Gasteiger partial charge in [-0.15, -0.1) is 0 Å². The van der Waals surface area contributed by atoms with E-state index < -0.39 is 12.8 Å². The summed E-state index contributed by atoms with van der Waals surface area (Å²) in [5.41, 5.74) is 0.815. The Labute approximate surface area is 138 Å². The van der Waals surface area contributed by atoms with Crippen LogP contribution in [0.4, 0.5) is 13.2 Å². The largest absolute Gasteiger partial charge is 0.493 e. The van der Waals surface area contributed by atoms with Gasteiger partial charge in [-0.05, 0) is 24.1 Å². The lowest BCUT2D eigenvalue weighted by molar-refractivity contribution is -0.153. The maximum absolute atomic E-state index is 12.2. The summed E-state index contributed by atoms with van der Waals surface area (Å²) in [6.07, 6.45) is -3.55. The van der Waals surface area contributed by atoms with Crippen molar-refractivity contribution in [2.24, 2.45) is 0 Å². The van der Waals surface area contributed by atoms with E-state index in [9.17, 15) is 18.0 Å². The number of nitrogens with one attached hydrogen (secondary N) is 1. The van der Waals surface area contributed by atoms with E-state index in [-0.39, 0.29) is 17.4 Å². The van der Waals surface area contributed by atoms with Crippen LogP contribution in [0.15, 0.2) is 18.2 Å². The monoisotopic (exact) mass is 346 g/mol. The Kier molecular flexibility index (Phi) is 6.30. The highest BCUT2D eigenvalue weighted by Gasteiger charge is 2.29. The first-order valence-electron chi connectivity index (χ1n) is 7.74. The summed E-state index contributed by atoms with van der Waals surface area (Å²) >= 11 is 0. The zero-order valence-electron chi connectivity index (χ0n) is 13.5. The second-order valence-corrected chi connectivity index (χ2v) is 5.52. The third kappa shape index (κ3) is 5.59. The number of carbonyl (C=O) groups excluding carboxylic acids is 1. The van der Waals surface area contributed by atoms with Crippen LogP contribution in [0.25, 0.3) is 0 Å². The van der Waals surface area contributed by atoms with Gasteiger partial charge in [0.05, 0.1) is 7.11 Å². The molecule has 1 saturated heterocycles. The Hall–Kier alpha value is -1.96. The number of alkyl halides is 3. The SMILES string of the molecule is COc1cc(CCC(=O)N2CCNCC2)ccc1OCC(F)(F)F. The number of benzene rings is 1. The first-order valence-corrected chi connectivity index (χ1v) is 7.74. The lowest BCUT2D eigenvalue weighted by atomic mass is 10.1. The summed E-state index contributed by atoms with van der Waals surface area (Å²) < 4.78 is 46.5. The van der Waals surface area contributed by atoms with E-state index >= 15 is 0 Å². The summed E-state index contributed by atoms with van der Waals surface area (Å²) in [5, 5.41) is 3.18. The number of halogens is 3. The molecule has 1 amide bonds. The van der Waals surface area contributed by atoms with Gasteiger partial charge in [-0.25, -0.2) is 0 Å². The zero-order valence-corrected chi connectivity index (χ0v) is 13.5. The quantitative estimate of drug-likeness (QED) is 0.856. The average Bonchev–Trinajstić information content (AvgIpc) is 2.58. The molecule has 134 valence electrons. The van der Waals surface area contributed by atoms with E-state index in [0.29, 0.717) is 25.9 Å². The lowest BCUT2D eigenvalue weighted by Gasteiger charge is -2.27. The van der Waals surface area contributed by atoms with Crippen LogP contribution < -0.4 is 14.8 Å². The predicted molar refractivity (Wildman–Crippen MR) is 82.3 cm³/mol. The van der Waals surface area contributed by atoms with E-state index in [4.69, 9.17) is 9.47 Å². The molecule has 2 rings (SSSR count). The second kappa shape index (κ2) is 8.23. The van der Waals surface area contributed by atoms with Crippen molar-refractivity contribution in [2.45, 2.75) is 19.0 Å². The third-order valence-electron chi connectivity index (χ3n) is 3.72. The highest BCUT2D eigenvalue weighted by molar-refractivity contribution is 5.76. The van der Waals surface area contributed by atoms with E-state index in [2.05, 4.69) is 5.32 Å². The van der Waals surface area contributed by atoms with Crippen LogP contribution in [0, 0.1) is 0 Å². The minimum Gasteiger partial charge on any atom is -0.493 e. The Balaban J connectivity index is 1.92. The number of hydrogen-bond acceptors (Lipinski definition) is 4. The molecule has 24 heavy (non-hydrogen) atoms. The molecule has 1 aliphatic rings. The number of ether oxygens (including phenoxy) is 2. The first kappa shape index (κ1) is 18.4. The van der Waals surface area contributed by atoms with Crippen molar-refractivity contribution >= 4 is 5.91 Å². The molecule has 0 spiro atoms. The fourth-order valence-corrected chi connectivity index (χ4v) is 2.47. The van der Waals surface area contributed by atoms with Gasteiger partial charge in [-0.1, -0.05) is 6.07 Å². The maximum atomic E-state index is 12.2. The van der Waals surface area contributed by atoms with Crippen LogP contribution in [0.5, 0.6) is 11.5 Å². The number of methoxy groups -OCH3 is 1. The average molecular weight is 346 g/mol. The van der Waals surface area contributed by atoms with Gasteiger partial charge in [0.1, 0.15) is 0 Å². The number of amides is 1. The van der Waals surface area contributed by atoms with Crippen molar-refractivity contribution in [1.29, 1.82) is 0 Å². The van der Waals surface area contributed by atoms with Crippen LogP contribution in [0.1, 0.15) is 12.0 Å². The molecule has 1 heterocycles. The summed E-state index contributed by atoms with van der Waals surface area (Å²) in [7, 11) is 1.37. The molecule has 0 bridgehead atoms. The van der Waals surface area contributed by atoms with Crippen LogP contribution in [0.3, 0.4) is 0 Å². The van der Waals surface area contributed by atoms with E-state index in [1.807, 2.05) is 4.90 Å². The van der Waals surface area contributed by atoms with Gasteiger partial charge in [-0.3, -0.25) is 4.79 Å². The Morgan fingerprint density at radius 3 is 2.58 bits per heavy atom. The second-order valence-electron chi connectivity index (χ2n) is 5.52. The molecule has 1 aliphatic heterocycles. The molecule has 0 aliphatic carbocycles. The van der Waals surface area contributed by atoms with Crippen molar-refractivity contribution in [1.82, 2.24) is 10.2 Å². The van der Waals surface area contributed by atoms with Gasteiger partial charge >= 0.3 is 6.18 Å². The molecule has 8 heteroatoms. The van der Waals surface area contributed by atoms with E-state index in [1.54, 1.807) is 12.1 Å². The highest BCUT2D eigenvalue weighted by Crippen LogP contribution is 2.30. The Morgan fingerprint density at radius 1 is 1.25 bits per heavy atom. The Morgan fingerprint density at radius 2 is 1.96 bits per heavy atom. The molecule has 5 nitrogen and oxygen atoms in total. The topological polar surface area (TPSA) is 50.8 Å². The van der Waals surface area contributed by atoms with Gasteiger partial charge in [0.15, 0.2) is 18.1 Å². The zero-order chi connectivity index (χ0) is 17.6. The first-order chi connectivity index (χ1) is 11.4. The molecule has 0 unspecified atom stereocenters. The predicted octanol–water partition coefficient (Wildman–Crippen LogP) is 2.00. The lowest BCUT2D eigenvalue weighted by Crippen LogP contribution is -2.46. The normalized spacial score (nSPS) is 15.2. The smallest absolute Gasteiger partial charge is 0.422 e. The molecule has 1 aromatic carbocycles. The molecule has 0 aromatic heterocycles. The van der Waals surface area contributed by atoms with Crippen molar-refractivity contribution in [2.75, 3.05) is 39.9 Å².